The van der Waals surface area contributed by atoms with Gasteiger partial charge in [-0.1, -0.05) is 11.3 Å². The molecule has 0 saturated carbocycles. The van der Waals surface area contributed by atoms with Crippen molar-refractivity contribution in [2.45, 2.75) is 13.0 Å². The van der Waals surface area contributed by atoms with E-state index in [2.05, 4.69) is 15.7 Å². The first-order valence-corrected chi connectivity index (χ1v) is 6.40. The van der Waals surface area contributed by atoms with Crippen LogP contribution < -0.4 is 5.32 Å². The summed E-state index contributed by atoms with van der Waals surface area (Å²) in [6, 6.07) is 2.17. The van der Waals surface area contributed by atoms with Crippen LogP contribution in [-0.2, 0) is 0 Å². The summed E-state index contributed by atoms with van der Waals surface area (Å²) in [5.74, 6) is -0.936. The van der Waals surface area contributed by atoms with Gasteiger partial charge in [0.2, 0.25) is 0 Å². The Kier molecular flexibility index (Phi) is 3.21. The Bertz CT molecular complexity index is 479. The summed E-state index contributed by atoms with van der Waals surface area (Å²) < 4.78 is 0. The van der Waals surface area contributed by atoms with Crippen molar-refractivity contribution in [3.05, 3.63) is 33.5 Å². The summed E-state index contributed by atoms with van der Waals surface area (Å²) in [4.78, 5) is 14.9. The Labute approximate surface area is 101 Å². The number of hydrogen-bond donors (Lipinski definition) is 2. The second-order valence-electron chi connectivity index (χ2n) is 3.26. The van der Waals surface area contributed by atoms with Crippen molar-refractivity contribution in [1.29, 1.82) is 0 Å². The van der Waals surface area contributed by atoms with Gasteiger partial charge in [-0.25, -0.2) is 9.78 Å². The molecule has 1 atom stereocenters. The lowest BCUT2D eigenvalue weighted by molar-refractivity contribution is 0.0702. The number of nitrogens with zero attached hydrogens (tertiary/aromatic N) is 1. The van der Waals surface area contributed by atoms with Gasteiger partial charge in [0.05, 0.1) is 12.2 Å². The van der Waals surface area contributed by atoms with Crippen LogP contribution in [0.1, 0.15) is 28.2 Å². The maximum Gasteiger partial charge on any atom is 0.347 e. The molecule has 0 radical (unpaired) electrons. The van der Waals surface area contributed by atoms with Gasteiger partial charge in [-0.05, 0) is 29.3 Å². The predicted molar refractivity (Wildman–Crippen MR) is 65.4 cm³/mol. The summed E-state index contributed by atoms with van der Waals surface area (Å²) in [5, 5.41) is 16.6. The van der Waals surface area contributed by atoms with Crippen molar-refractivity contribution < 1.29 is 9.90 Å². The van der Waals surface area contributed by atoms with Gasteiger partial charge in [-0.3, -0.25) is 0 Å². The molecule has 2 N–H and O–H groups in total. The third-order valence-corrected chi connectivity index (χ3v) is 3.72. The van der Waals surface area contributed by atoms with E-state index in [4.69, 9.17) is 5.11 Å². The van der Waals surface area contributed by atoms with E-state index in [-0.39, 0.29) is 10.9 Å². The molecule has 0 aliphatic carbocycles. The van der Waals surface area contributed by atoms with Crippen molar-refractivity contribution in [2.75, 3.05) is 5.32 Å². The highest BCUT2D eigenvalue weighted by atomic mass is 32.1. The average molecular weight is 254 g/mol. The highest BCUT2D eigenvalue weighted by molar-refractivity contribution is 7.17. The molecule has 2 rings (SSSR count). The van der Waals surface area contributed by atoms with Crippen molar-refractivity contribution in [3.63, 3.8) is 0 Å². The summed E-state index contributed by atoms with van der Waals surface area (Å²) >= 11 is 2.79. The van der Waals surface area contributed by atoms with Gasteiger partial charge < -0.3 is 10.4 Å². The topological polar surface area (TPSA) is 62.2 Å². The summed E-state index contributed by atoms with van der Waals surface area (Å²) in [6.07, 6.45) is 1.37. The number of hydrogen-bond acceptors (Lipinski definition) is 5. The molecular formula is C10H10N2O2S2. The Morgan fingerprint density at radius 2 is 2.44 bits per heavy atom. The summed E-state index contributed by atoms with van der Waals surface area (Å²) in [5.41, 5.74) is 1.18. The Morgan fingerprint density at radius 3 is 3.00 bits per heavy atom. The molecule has 0 spiro atoms. The molecule has 0 amide bonds. The lowest BCUT2D eigenvalue weighted by atomic mass is 10.2. The number of carboxylic acids is 1. The molecule has 0 aromatic carbocycles. The van der Waals surface area contributed by atoms with E-state index >= 15 is 0 Å². The monoisotopic (exact) mass is 254 g/mol. The van der Waals surface area contributed by atoms with Crippen molar-refractivity contribution in [3.8, 4) is 0 Å². The minimum Gasteiger partial charge on any atom is -0.477 e. The number of anilines is 1. The molecule has 0 aliphatic heterocycles. The lowest BCUT2D eigenvalue weighted by Gasteiger charge is -2.10. The number of aromatic nitrogens is 1. The highest BCUT2D eigenvalue weighted by Crippen LogP contribution is 2.24. The third-order valence-electron chi connectivity index (χ3n) is 2.10. The third kappa shape index (κ3) is 2.40. The van der Waals surface area contributed by atoms with Crippen LogP contribution in [0.5, 0.6) is 0 Å². The second-order valence-corrected chi connectivity index (χ2v) is 5.07. The lowest BCUT2D eigenvalue weighted by Crippen LogP contribution is -2.04. The van der Waals surface area contributed by atoms with Gasteiger partial charge in [0.25, 0.3) is 0 Å². The SMILES string of the molecule is CC(Nc1ncc(C(=O)O)s1)c1ccsc1. The van der Waals surface area contributed by atoms with Crippen molar-refractivity contribution >= 4 is 33.8 Å². The molecule has 1 unspecified atom stereocenters. The Morgan fingerprint density at radius 1 is 1.62 bits per heavy atom. The largest absolute Gasteiger partial charge is 0.477 e. The number of carbonyl (C=O) groups is 1. The fraction of sp³-hybridized carbons (Fsp3) is 0.200. The van der Waals surface area contributed by atoms with E-state index in [0.717, 1.165) is 11.3 Å². The normalized spacial score (nSPS) is 12.3. The first-order chi connectivity index (χ1) is 7.66. The Hall–Kier alpha value is -1.40. The van der Waals surface area contributed by atoms with Crippen LogP contribution in [0, 0.1) is 0 Å². The van der Waals surface area contributed by atoms with Gasteiger partial charge in [0.15, 0.2) is 5.13 Å². The van der Waals surface area contributed by atoms with Gasteiger partial charge in [-0.2, -0.15) is 11.3 Å². The average Bonchev–Trinajstić information content (AvgIpc) is 2.87. The van der Waals surface area contributed by atoms with Crippen LogP contribution in [-0.4, -0.2) is 16.1 Å². The number of rotatable bonds is 4. The standard InChI is InChI=1S/C10H10N2O2S2/c1-6(7-2-3-15-5-7)12-10-11-4-8(16-10)9(13)14/h2-6H,1H3,(H,11,12)(H,13,14). The van der Waals surface area contributed by atoms with Gasteiger partial charge >= 0.3 is 5.97 Å². The predicted octanol–water partition coefficient (Wildman–Crippen LogP) is 3.08. The Balaban J connectivity index is 2.06. The zero-order valence-electron chi connectivity index (χ0n) is 8.51. The first kappa shape index (κ1) is 11.1. The van der Waals surface area contributed by atoms with Crippen LogP contribution in [0.15, 0.2) is 23.0 Å². The van der Waals surface area contributed by atoms with Gasteiger partial charge in [0.1, 0.15) is 4.88 Å². The van der Waals surface area contributed by atoms with Crippen LogP contribution in [0.4, 0.5) is 5.13 Å². The van der Waals surface area contributed by atoms with Crippen LogP contribution in [0.3, 0.4) is 0 Å². The van der Waals surface area contributed by atoms with E-state index in [1.54, 1.807) is 11.3 Å². The molecule has 0 bridgehead atoms. The molecule has 0 fully saturated rings. The smallest absolute Gasteiger partial charge is 0.347 e. The molecule has 4 nitrogen and oxygen atoms in total. The number of thiophene rings is 1. The van der Waals surface area contributed by atoms with Crippen LogP contribution >= 0.6 is 22.7 Å². The molecule has 0 aliphatic rings. The molecule has 6 heteroatoms. The minimum atomic E-state index is -0.936. The van der Waals surface area contributed by atoms with E-state index in [1.807, 2.05) is 18.4 Å². The number of aromatic carboxylic acids is 1. The molecule has 2 aromatic rings. The van der Waals surface area contributed by atoms with E-state index < -0.39 is 5.97 Å². The number of nitrogens with one attached hydrogen (secondary N) is 1. The molecule has 2 heterocycles. The maximum absolute atomic E-state index is 10.7. The second kappa shape index (κ2) is 4.63. The highest BCUT2D eigenvalue weighted by Gasteiger charge is 2.11. The van der Waals surface area contributed by atoms with E-state index in [9.17, 15) is 4.79 Å². The minimum absolute atomic E-state index is 0.138. The zero-order valence-corrected chi connectivity index (χ0v) is 10.1. The van der Waals surface area contributed by atoms with Crippen molar-refractivity contribution in [2.24, 2.45) is 0 Å². The molecule has 84 valence electrons. The molecular weight excluding hydrogens is 244 g/mol. The van der Waals surface area contributed by atoms with Crippen LogP contribution in [0.2, 0.25) is 0 Å². The zero-order chi connectivity index (χ0) is 11.5. The maximum atomic E-state index is 10.7. The van der Waals surface area contributed by atoms with E-state index in [0.29, 0.717) is 5.13 Å². The van der Waals surface area contributed by atoms with Gasteiger partial charge in [-0.15, -0.1) is 0 Å². The first-order valence-electron chi connectivity index (χ1n) is 4.64. The number of thiazole rings is 1. The quantitative estimate of drug-likeness (QED) is 0.880. The molecule has 16 heavy (non-hydrogen) atoms. The number of carboxylic acid groups (broad SMARTS) is 1. The molecule has 0 saturated heterocycles. The van der Waals surface area contributed by atoms with Crippen molar-refractivity contribution in [1.82, 2.24) is 4.98 Å². The van der Waals surface area contributed by atoms with E-state index in [1.165, 1.54) is 11.8 Å². The van der Waals surface area contributed by atoms with Gasteiger partial charge in [0, 0.05) is 0 Å². The summed E-state index contributed by atoms with van der Waals surface area (Å²) in [6.45, 7) is 2.02. The fourth-order valence-corrected chi connectivity index (χ4v) is 2.73. The summed E-state index contributed by atoms with van der Waals surface area (Å²) in [7, 11) is 0. The van der Waals surface area contributed by atoms with Crippen LogP contribution in [0.25, 0.3) is 0 Å². The fourth-order valence-electron chi connectivity index (χ4n) is 1.23. The molecule has 2 aromatic heterocycles.